The van der Waals surface area contributed by atoms with E-state index in [9.17, 15) is 4.79 Å². The molecule has 8 heteroatoms. The molecule has 2 atom stereocenters. The lowest BCUT2D eigenvalue weighted by atomic mass is 9.93. The van der Waals surface area contributed by atoms with Gasteiger partial charge in [-0.15, -0.1) is 5.10 Å². The average molecular weight is 420 g/mol. The molecule has 4 aromatic rings. The molecule has 0 spiro atoms. The predicted octanol–water partition coefficient (Wildman–Crippen LogP) is 4.92. The van der Waals surface area contributed by atoms with Crippen molar-refractivity contribution >= 4 is 29.4 Å². The fraction of sp³-hybridized carbons (Fsp3) is 0.136. The van der Waals surface area contributed by atoms with E-state index in [1.807, 2.05) is 42.5 Å². The molecule has 2 aromatic carbocycles. The second-order valence-electron chi connectivity index (χ2n) is 7.02. The minimum atomic E-state index is -0.406. The Hall–Kier alpha value is -3.58. The number of aromatic nitrogens is 3. The third-order valence-corrected chi connectivity index (χ3v) is 5.47. The molecule has 5 rings (SSSR count). The van der Waals surface area contributed by atoms with Crippen LogP contribution in [0.4, 0.5) is 11.9 Å². The SMILES string of the molecule is O=C(Nc1nc2n(n1)[C@H](c1ccccc1Cl)C[C@H](c1ccccc1)N2)c1ccco1. The standard InChI is InChI=1S/C22H18ClN5O2/c23-16-10-5-4-9-15(16)18-13-17(14-7-2-1-3-8-14)24-22-26-21(27-28(18)22)25-20(29)19-11-6-12-30-19/h1-12,17-18H,13H2,(H2,24,25,26,27,29)/t17-,18+/m1/s1. The number of hydrogen-bond donors (Lipinski definition) is 2. The van der Waals surface area contributed by atoms with Crippen LogP contribution in [0.25, 0.3) is 0 Å². The quantitative estimate of drug-likeness (QED) is 0.490. The summed E-state index contributed by atoms with van der Waals surface area (Å²) in [7, 11) is 0. The first-order valence-electron chi connectivity index (χ1n) is 9.56. The minimum absolute atomic E-state index is 0.0257. The third kappa shape index (κ3) is 3.44. The Morgan fingerprint density at radius 1 is 1.10 bits per heavy atom. The normalized spacial score (nSPS) is 17.8. The summed E-state index contributed by atoms with van der Waals surface area (Å²) >= 11 is 6.51. The van der Waals surface area contributed by atoms with Gasteiger partial charge in [-0.2, -0.15) is 4.98 Å². The Bertz CT molecular complexity index is 1170. The highest BCUT2D eigenvalue weighted by Gasteiger charge is 2.32. The highest BCUT2D eigenvalue weighted by atomic mass is 35.5. The summed E-state index contributed by atoms with van der Waals surface area (Å²) in [4.78, 5) is 16.8. The molecule has 1 aliphatic rings. The number of nitrogens with zero attached hydrogens (tertiary/aromatic N) is 3. The van der Waals surface area contributed by atoms with Crippen molar-refractivity contribution in [1.82, 2.24) is 14.8 Å². The fourth-order valence-electron chi connectivity index (χ4n) is 3.71. The summed E-state index contributed by atoms with van der Waals surface area (Å²) in [6.45, 7) is 0. The Labute approximate surface area is 177 Å². The molecular weight excluding hydrogens is 402 g/mol. The van der Waals surface area contributed by atoms with Crippen molar-refractivity contribution in [2.24, 2.45) is 0 Å². The summed E-state index contributed by atoms with van der Waals surface area (Å²) in [6, 6.07) is 21.0. The third-order valence-electron chi connectivity index (χ3n) is 5.13. The lowest BCUT2D eigenvalue weighted by Gasteiger charge is -2.32. The van der Waals surface area contributed by atoms with Crippen molar-refractivity contribution < 1.29 is 9.21 Å². The van der Waals surface area contributed by atoms with Gasteiger partial charge >= 0.3 is 0 Å². The van der Waals surface area contributed by atoms with Crippen LogP contribution >= 0.6 is 11.6 Å². The Morgan fingerprint density at radius 2 is 1.90 bits per heavy atom. The van der Waals surface area contributed by atoms with E-state index in [-0.39, 0.29) is 23.8 Å². The molecule has 150 valence electrons. The van der Waals surface area contributed by atoms with Crippen LogP contribution in [-0.4, -0.2) is 20.7 Å². The highest BCUT2D eigenvalue weighted by Crippen LogP contribution is 2.40. The van der Waals surface area contributed by atoms with E-state index in [2.05, 4.69) is 32.8 Å². The van der Waals surface area contributed by atoms with Crippen molar-refractivity contribution in [2.45, 2.75) is 18.5 Å². The van der Waals surface area contributed by atoms with E-state index < -0.39 is 5.91 Å². The Morgan fingerprint density at radius 3 is 2.67 bits per heavy atom. The van der Waals surface area contributed by atoms with Crippen LogP contribution < -0.4 is 10.6 Å². The molecule has 0 saturated carbocycles. The summed E-state index contributed by atoms with van der Waals surface area (Å²) in [5.74, 6) is 0.553. The zero-order chi connectivity index (χ0) is 20.5. The van der Waals surface area contributed by atoms with Gasteiger partial charge in [-0.1, -0.05) is 60.1 Å². The number of nitrogens with one attached hydrogen (secondary N) is 2. The lowest BCUT2D eigenvalue weighted by Crippen LogP contribution is -2.28. The molecule has 2 N–H and O–H groups in total. The van der Waals surface area contributed by atoms with Gasteiger partial charge in [0, 0.05) is 5.02 Å². The van der Waals surface area contributed by atoms with Gasteiger partial charge in [0.15, 0.2) is 5.76 Å². The molecule has 0 fully saturated rings. The molecule has 2 aromatic heterocycles. The van der Waals surface area contributed by atoms with Gasteiger partial charge in [0.2, 0.25) is 5.95 Å². The van der Waals surface area contributed by atoms with Crippen molar-refractivity contribution in [3.63, 3.8) is 0 Å². The zero-order valence-electron chi connectivity index (χ0n) is 15.8. The molecule has 1 aliphatic heterocycles. The first-order chi connectivity index (χ1) is 14.7. The fourth-order valence-corrected chi connectivity index (χ4v) is 3.97. The van der Waals surface area contributed by atoms with Crippen LogP contribution in [0.15, 0.2) is 77.4 Å². The molecule has 30 heavy (non-hydrogen) atoms. The second kappa shape index (κ2) is 7.68. The van der Waals surface area contributed by atoms with Crippen molar-refractivity contribution in [3.8, 4) is 0 Å². The van der Waals surface area contributed by atoms with Crippen LogP contribution in [0.1, 0.15) is 40.2 Å². The molecule has 0 bridgehead atoms. The number of anilines is 2. The van der Waals surface area contributed by atoms with Gasteiger partial charge in [0.25, 0.3) is 11.9 Å². The molecule has 3 heterocycles. The van der Waals surface area contributed by atoms with E-state index >= 15 is 0 Å². The monoisotopic (exact) mass is 419 g/mol. The summed E-state index contributed by atoms with van der Waals surface area (Å²) < 4.78 is 6.92. The Balaban J connectivity index is 1.52. The van der Waals surface area contributed by atoms with Crippen LogP contribution in [-0.2, 0) is 0 Å². The first-order valence-corrected chi connectivity index (χ1v) is 9.94. The van der Waals surface area contributed by atoms with Crippen LogP contribution in [0.3, 0.4) is 0 Å². The van der Waals surface area contributed by atoms with Gasteiger partial charge in [-0.05, 0) is 35.7 Å². The number of furan rings is 1. The summed E-state index contributed by atoms with van der Waals surface area (Å²) in [5.41, 5.74) is 2.10. The van der Waals surface area contributed by atoms with Crippen molar-refractivity contribution in [1.29, 1.82) is 0 Å². The van der Waals surface area contributed by atoms with E-state index in [0.29, 0.717) is 11.0 Å². The topological polar surface area (TPSA) is 85.0 Å². The summed E-state index contributed by atoms with van der Waals surface area (Å²) in [5, 5.41) is 11.3. The molecule has 0 aliphatic carbocycles. The number of hydrogen-bond acceptors (Lipinski definition) is 5. The van der Waals surface area contributed by atoms with E-state index in [0.717, 1.165) is 17.5 Å². The average Bonchev–Trinajstić information content (AvgIpc) is 3.44. The maximum Gasteiger partial charge on any atom is 0.293 e. The first kappa shape index (κ1) is 18.4. The van der Waals surface area contributed by atoms with E-state index in [4.69, 9.17) is 16.0 Å². The largest absolute Gasteiger partial charge is 0.459 e. The number of benzene rings is 2. The van der Waals surface area contributed by atoms with Crippen molar-refractivity contribution in [2.75, 3.05) is 10.6 Å². The molecule has 0 radical (unpaired) electrons. The van der Waals surface area contributed by atoms with Crippen LogP contribution in [0, 0.1) is 0 Å². The number of halogens is 1. The van der Waals surface area contributed by atoms with E-state index in [1.54, 1.807) is 16.8 Å². The molecule has 1 amide bonds. The number of rotatable bonds is 4. The highest BCUT2D eigenvalue weighted by molar-refractivity contribution is 6.31. The predicted molar refractivity (Wildman–Crippen MR) is 114 cm³/mol. The Kier molecular flexibility index (Phi) is 4.72. The van der Waals surface area contributed by atoms with Gasteiger partial charge < -0.3 is 9.73 Å². The number of carbonyl (C=O) groups excluding carboxylic acids is 1. The van der Waals surface area contributed by atoms with Gasteiger partial charge in [0.1, 0.15) is 0 Å². The molecule has 0 saturated heterocycles. The van der Waals surface area contributed by atoms with E-state index in [1.165, 1.54) is 6.26 Å². The molecule has 7 nitrogen and oxygen atoms in total. The number of amides is 1. The van der Waals surface area contributed by atoms with Crippen LogP contribution in [0.2, 0.25) is 5.02 Å². The minimum Gasteiger partial charge on any atom is -0.459 e. The number of carbonyl (C=O) groups is 1. The van der Waals surface area contributed by atoms with Crippen molar-refractivity contribution in [3.05, 3.63) is 94.9 Å². The summed E-state index contributed by atoms with van der Waals surface area (Å²) in [6.07, 6.45) is 2.18. The van der Waals surface area contributed by atoms with Crippen LogP contribution in [0.5, 0.6) is 0 Å². The second-order valence-corrected chi connectivity index (χ2v) is 7.42. The van der Waals surface area contributed by atoms with Gasteiger partial charge in [-0.25, -0.2) is 4.68 Å². The smallest absolute Gasteiger partial charge is 0.293 e. The number of fused-ring (bicyclic) bond motifs is 1. The van der Waals surface area contributed by atoms with Gasteiger partial charge in [0.05, 0.1) is 18.3 Å². The maximum absolute atomic E-state index is 12.3. The molecule has 0 unspecified atom stereocenters. The maximum atomic E-state index is 12.3. The zero-order valence-corrected chi connectivity index (χ0v) is 16.6. The lowest BCUT2D eigenvalue weighted by molar-refractivity contribution is 0.0995. The molecular formula is C22H18ClN5O2. The van der Waals surface area contributed by atoms with Gasteiger partial charge in [-0.3, -0.25) is 10.1 Å².